The summed E-state index contributed by atoms with van der Waals surface area (Å²) in [6.45, 7) is 0. The standard InChI is InChI=1S/C22H13Br2ClN2O5S/c23-12-9-14-20(15(24)10-12)26-19(27(21(14)28)17-7-3-2-6-16(17)25)11-33(31,32)18-8-4-1-5-13(18)22(29)30/h1-10H,11H2,(H,29,30). The Morgan fingerprint density at radius 1 is 1.06 bits per heavy atom. The predicted octanol–water partition coefficient (Wildman–Crippen LogP) is 5.24. The molecule has 0 saturated carbocycles. The van der Waals surface area contributed by atoms with Crippen LogP contribution in [0.5, 0.6) is 0 Å². The average Bonchev–Trinajstić information content (AvgIpc) is 2.75. The summed E-state index contributed by atoms with van der Waals surface area (Å²) in [4.78, 5) is 29.3. The molecule has 11 heteroatoms. The van der Waals surface area contributed by atoms with Crippen molar-refractivity contribution in [3.63, 3.8) is 0 Å². The maximum Gasteiger partial charge on any atom is 0.337 e. The maximum absolute atomic E-state index is 13.5. The second-order valence-corrected chi connectivity index (χ2v) is 11.1. The van der Waals surface area contributed by atoms with E-state index in [0.717, 1.165) is 4.57 Å². The Labute approximate surface area is 209 Å². The number of nitrogens with zero attached hydrogens (tertiary/aromatic N) is 2. The molecule has 3 aromatic carbocycles. The van der Waals surface area contributed by atoms with Crippen LogP contribution in [0, 0.1) is 0 Å². The number of carboxylic acids is 1. The van der Waals surface area contributed by atoms with E-state index in [1.54, 1.807) is 36.4 Å². The number of carboxylic acid groups (broad SMARTS) is 1. The molecule has 0 atom stereocenters. The number of carbonyl (C=O) groups is 1. The first-order chi connectivity index (χ1) is 15.6. The number of hydrogen-bond donors (Lipinski definition) is 1. The van der Waals surface area contributed by atoms with Crippen molar-refractivity contribution < 1.29 is 18.3 Å². The van der Waals surface area contributed by atoms with Gasteiger partial charge in [-0.3, -0.25) is 9.36 Å². The zero-order valence-electron chi connectivity index (χ0n) is 16.5. The number of aromatic carboxylic acids is 1. The lowest BCUT2D eigenvalue weighted by Gasteiger charge is -2.16. The molecule has 4 rings (SSSR count). The highest BCUT2D eigenvalue weighted by Gasteiger charge is 2.26. The van der Waals surface area contributed by atoms with Crippen molar-refractivity contribution >= 4 is 70.2 Å². The third-order valence-electron chi connectivity index (χ3n) is 4.83. The fourth-order valence-corrected chi connectivity index (χ4v) is 6.40. The van der Waals surface area contributed by atoms with Gasteiger partial charge in [0, 0.05) is 8.95 Å². The average molecular weight is 613 g/mol. The monoisotopic (exact) mass is 610 g/mol. The van der Waals surface area contributed by atoms with Crippen molar-refractivity contribution in [2.75, 3.05) is 0 Å². The largest absolute Gasteiger partial charge is 0.478 e. The summed E-state index contributed by atoms with van der Waals surface area (Å²) in [6.07, 6.45) is 0. The van der Waals surface area contributed by atoms with Gasteiger partial charge in [0.2, 0.25) is 0 Å². The van der Waals surface area contributed by atoms with E-state index in [0.29, 0.717) is 8.95 Å². The summed E-state index contributed by atoms with van der Waals surface area (Å²) in [5.41, 5.74) is -0.364. The minimum absolute atomic E-state index is 0.108. The Bertz CT molecular complexity index is 1600. The number of fused-ring (bicyclic) bond motifs is 1. The number of sulfone groups is 1. The summed E-state index contributed by atoms with van der Waals surface area (Å²) >= 11 is 13.1. The first-order valence-electron chi connectivity index (χ1n) is 9.31. The molecule has 0 unspecified atom stereocenters. The Hall–Kier alpha value is -2.53. The molecule has 0 aliphatic carbocycles. The summed E-state index contributed by atoms with van der Waals surface area (Å²) in [5, 5.41) is 9.91. The Balaban J connectivity index is 2.03. The normalized spacial score (nSPS) is 11.6. The van der Waals surface area contributed by atoms with Gasteiger partial charge in [-0.2, -0.15) is 0 Å². The van der Waals surface area contributed by atoms with Gasteiger partial charge in [-0.05, 0) is 52.3 Å². The molecule has 0 bridgehead atoms. The summed E-state index contributed by atoms with van der Waals surface area (Å²) < 4.78 is 28.9. The Morgan fingerprint density at radius 3 is 2.42 bits per heavy atom. The van der Waals surface area contributed by atoms with E-state index in [2.05, 4.69) is 36.8 Å². The molecule has 7 nitrogen and oxygen atoms in total. The molecule has 0 saturated heterocycles. The van der Waals surface area contributed by atoms with E-state index in [1.165, 1.54) is 24.3 Å². The first-order valence-corrected chi connectivity index (χ1v) is 12.9. The maximum atomic E-state index is 13.5. The molecular weight excluding hydrogens is 600 g/mol. The quantitative estimate of drug-likeness (QED) is 0.331. The van der Waals surface area contributed by atoms with E-state index < -0.39 is 27.1 Å². The minimum Gasteiger partial charge on any atom is -0.478 e. The van der Waals surface area contributed by atoms with Gasteiger partial charge < -0.3 is 5.11 Å². The fraction of sp³-hybridized carbons (Fsp3) is 0.0455. The molecule has 1 heterocycles. The van der Waals surface area contributed by atoms with E-state index >= 15 is 0 Å². The van der Waals surface area contributed by atoms with Crippen molar-refractivity contribution in [1.82, 2.24) is 9.55 Å². The third-order valence-corrected chi connectivity index (χ3v) is 7.87. The molecule has 0 spiro atoms. The number of halogens is 3. The van der Waals surface area contributed by atoms with Crippen LogP contribution in [0.1, 0.15) is 16.2 Å². The van der Waals surface area contributed by atoms with Crippen molar-refractivity contribution in [3.05, 3.63) is 96.4 Å². The summed E-state index contributed by atoms with van der Waals surface area (Å²) in [5.74, 6) is -2.21. The van der Waals surface area contributed by atoms with E-state index in [4.69, 9.17) is 11.6 Å². The van der Waals surface area contributed by atoms with Gasteiger partial charge in [-0.1, -0.05) is 51.8 Å². The molecule has 33 heavy (non-hydrogen) atoms. The highest BCUT2D eigenvalue weighted by Crippen LogP contribution is 2.29. The lowest BCUT2D eigenvalue weighted by Crippen LogP contribution is -2.26. The summed E-state index contributed by atoms with van der Waals surface area (Å²) in [7, 11) is -4.21. The molecule has 4 aromatic rings. The lowest BCUT2D eigenvalue weighted by atomic mass is 10.2. The van der Waals surface area contributed by atoms with E-state index in [-0.39, 0.29) is 37.9 Å². The van der Waals surface area contributed by atoms with Crippen molar-refractivity contribution in [1.29, 1.82) is 0 Å². The number of para-hydroxylation sites is 1. The van der Waals surface area contributed by atoms with Gasteiger partial charge in [0.25, 0.3) is 5.56 Å². The highest BCUT2D eigenvalue weighted by molar-refractivity contribution is 9.11. The van der Waals surface area contributed by atoms with Gasteiger partial charge in [0.1, 0.15) is 11.6 Å². The van der Waals surface area contributed by atoms with Crippen LogP contribution in [-0.4, -0.2) is 29.0 Å². The van der Waals surface area contributed by atoms with Gasteiger partial charge in [-0.15, -0.1) is 0 Å². The molecule has 1 aromatic heterocycles. The Morgan fingerprint density at radius 2 is 1.73 bits per heavy atom. The van der Waals surface area contributed by atoms with E-state index in [1.807, 2.05) is 0 Å². The number of benzene rings is 3. The fourth-order valence-electron chi connectivity index (χ4n) is 3.40. The van der Waals surface area contributed by atoms with Gasteiger partial charge in [0.05, 0.1) is 32.1 Å². The zero-order chi connectivity index (χ0) is 23.9. The molecule has 0 fully saturated rings. The van der Waals surface area contributed by atoms with Crippen LogP contribution in [0.25, 0.3) is 16.6 Å². The van der Waals surface area contributed by atoms with Crippen LogP contribution >= 0.6 is 43.5 Å². The SMILES string of the molecule is O=C(O)c1ccccc1S(=O)(=O)Cc1nc2c(Br)cc(Br)cc2c(=O)n1-c1ccccc1Cl. The molecule has 0 aliphatic rings. The Kier molecular flexibility index (Phi) is 6.45. The minimum atomic E-state index is -4.21. The van der Waals surface area contributed by atoms with Crippen LogP contribution in [-0.2, 0) is 15.6 Å². The molecule has 1 N–H and O–H groups in total. The molecular formula is C22H13Br2ClN2O5S. The smallest absolute Gasteiger partial charge is 0.337 e. The molecule has 168 valence electrons. The van der Waals surface area contributed by atoms with Crippen LogP contribution in [0.4, 0.5) is 0 Å². The second kappa shape index (κ2) is 9.02. The number of hydrogen-bond acceptors (Lipinski definition) is 5. The van der Waals surface area contributed by atoms with Crippen LogP contribution in [0.15, 0.2) is 79.3 Å². The molecule has 0 amide bonds. The van der Waals surface area contributed by atoms with Crippen LogP contribution in [0.3, 0.4) is 0 Å². The molecule has 0 radical (unpaired) electrons. The van der Waals surface area contributed by atoms with Gasteiger partial charge >= 0.3 is 5.97 Å². The second-order valence-electron chi connectivity index (χ2n) is 6.96. The van der Waals surface area contributed by atoms with Gasteiger partial charge in [-0.25, -0.2) is 18.2 Å². The van der Waals surface area contributed by atoms with Crippen LogP contribution < -0.4 is 5.56 Å². The number of rotatable bonds is 5. The first kappa shape index (κ1) is 23.6. The molecule has 0 aliphatic heterocycles. The highest BCUT2D eigenvalue weighted by atomic mass is 79.9. The van der Waals surface area contributed by atoms with Crippen molar-refractivity contribution in [2.24, 2.45) is 0 Å². The topological polar surface area (TPSA) is 106 Å². The summed E-state index contributed by atoms with van der Waals surface area (Å²) in [6, 6.07) is 15.0. The van der Waals surface area contributed by atoms with Crippen molar-refractivity contribution in [3.8, 4) is 5.69 Å². The van der Waals surface area contributed by atoms with Gasteiger partial charge in [0.15, 0.2) is 9.84 Å². The third kappa shape index (κ3) is 4.48. The van der Waals surface area contributed by atoms with Crippen molar-refractivity contribution in [2.45, 2.75) is 10.6 Å². The van der Waals surface area contributed by atoms with E-state index in [9.17, 15) is 23.1 Å². The lowest BCUT2D eigenvalue weighted by molar-refractivity contribution is 0.0692. The number of aromatic nitrogens is 2. The van der Waals surface area contributed by atoms with Crippen LogP contribution in [0.2, 0.25) is 5.02 Å². The predicted molar refractivity (Wildman–Crippen MR) is 132 cm³/mol. The zero-order valence-corrected chi connectivity index (χ0v) is 21.2.